The second-order valence-electron chi connectivity index (χ2n) is 7.18. The van der Waals surface area contributed by atoms with Gasteiger partial charge in [0.1, 0.15) is 0 Å². The van der Waals surface area contributed by atoms with Crippen LogP contribution in [-0.2, 0) is 25.2 Å². The molecule has 3 nitrogen and oxygen atoms in total. The number of aryl methyl sites for hydroxylation is 1. The number of hydrogen-bond donors (Lipinski definition) is 1. The Kier molecular flexibility index (Phi) is 5.12. The molecule has 1 aliphatic rings. The SMILES string of the molecule is O=C(Nc1cc(C(F)(F)F)cc(C(F)(F)F)c1)c1c2c(nc3ccc(Cl)cc13)CCC2. The van der Waals surface area contributed by atoms with Gasteiger partial charge in [-0.1, -0.05) is 11.6 Å². The standard InChI is InChI=1S/C21H13ClF6N2O/c22-12-4-5-17-15(9-12)18(14-2-1-3-16(14)30-17)19(31)29-13-7-10(20(23,24)25)6-11(8-13)21(26,27)28/h4-9H,1-3H2,(H,29,31). The van der Waals surface area contributed by atoms with Gasteiger partial charge in [0.05, 0.1) is 22.2 Å². The van der Waals surface area contributed by atoms with E-state index in [1.54, 1.807) is 12.1 Å². The molecule has 0 unspecified atom stereocenters. The Hall–Kier alpha value is -2.81. The Morgan fingerprint density at radius 1 is 0.935 bits per heavy atom. The number of pyridine rings is 1. The number of halogens is 7. The topological polar surface area (TPSA) is 42.0 Å². The van der Waals surface area contributed by atoms with E-state index < -0.39 is 35.1 Å². The van der Waals surface area contributed by atoms with E-state index in [0.717, 1.165) is 6.42 Å². The average molecular weight is 459 g/mol. The van der Waals surface area contributed by atoms with E-state index in [2.05, 4.69) is 10.3 Å². The minimum atomic E-state index is -5.02. The lowest BCUT2D eigenvalue weighted by molar-refractivity contribution is -0.143. The third kappa shape index (κ3) is 4.19. The van der Waals surface area contributed by atoms with Crippen LogP contribution >= 0.6 is 11.6 Å². The zero-order valence-corrected chi connectivity index (χ0v) is 16.3. The van der Waals surface area contributed by atoms with Crippen LogP contribution in [0.25, 0.3) is 10.9 Å². The molecule has 1 aromatic heterocycles. The van der Waals surface area contributed by atoms with Gasteiger partial charge in [0.15, 0.2) is 0 Å². The quantitative estimate of drug-likeness (QED) is 0.436. The van der Waals surface area contributed by atoms with Crippen LogP contribution in [0.15, 0.2) is 36.4 Å². The van der Waals surface area contributed by atoms with Crippen molar-refractivity contribution >= 4 is 34.1 Å². The molecular formula is C21H13ClF6N2O. The summed E-state index contributed by atoms with van der Waals surface area (Å²) < 4.78 is 78.8. The van der Waals surface area contributed by atoms with Gasteiger partial charge in [-0.15, -0.1) is 0 Å². The van der Waals surface area contributed by atoms with Gasteiger partial charge in [0, 0.05) is 21.8 Å². The molecule has 162 valence electrons. The number of hydrogen-bond acceptors (Lipinski definition) is 2. The first kappa shape index (κ1) is 21.4. The van der Waals surface area contributed by atoms with E-state index in [4.69, 9.17) is 11.6 Å². The molecule has 1 heterocycles. The van der Waals surface area contributed by atoms with E-state index in [0.29, 0.717) is 52.2 Å². The summed E-state index contributed by atoms with van der Waals surface area (Å²) in [6.45, 7) is 0. The number of carbonyl (C=O) groups excluding carboxylic acids is 1. The van der Waals surface area contributed by atoms with Crippen molar-refractivity contribution in [3.05, 3.63) is 69.4 Å². The second-order valence-corrected chi connectivity index (χ2v) is 7.61. The van der Waals surface area contributed by atoms with Crippen LogP contribution in [0.1, 0.15) is 39.2 Å². The van der Waals surface area contributed by atoms with Crippen molar-refractivity contribution in [3.8, 4) is 0 Å². The summed E-state index contributed by atoms with van der Waals surface area (Å²) in [7, 11) is 0. The third-order valence-electron chi connectivity index (χ3n) is 5.05. The van der Waals surface area contributed by atoms with Crippen LogP contribution in [0.5, 0.6) is 0 Å². The van der Waals surface area contributed by atoms with Gasteiger partial charge < -0.3 is 5.32 Å². The first-order valence-corrected chi connectivity index (χ1v) is 9.53. The fourth-order valence-corrected chi connectivity index (χ4v) is 3.89. The maximum absolute atomic E-state index is 13.1. The lowest BCUT2D eigenvalue weighted by atomic mass is 10.00. The van der Waals surface area contributed by atoms with Gasteiger partial charge in [-0.05, 0) is 61.2 Å². The van der Waals surface area contributed by atoms with Crippen LogP contribution in [-0.4, -0.2) is 10.9 Å². The summed E-state index contributed by atoms with van der Waals surface area (Å²) in [5, 5.41) is 2.92. The van der Waals surface area contributed by atoms with Gasteiger partial charge in [-0.2, -0.15) is 26.3 Å². The second kappa shape index (κ2) is 7.40. The summed E-state index contributed by atoms with van der Waals surface area (Å²) in [5.41, 5.74) is -1.70. The number of rotatable bonds is 2. The van der Waals surface area contributed by atoms with Crippen LogP contribution in [0.4, 0.5) is 32.0 Å². The molecule has 10 heteroatoms. The number of aromatic nitrogens is 1. The predicted octanol–water partition coefficient (Wildman–Crippen LogP) is 6.67. The molecule has 31 heavy (non-hydrogen) atoms. The van der Waals surface area contributed by atoms with Crippen LogP contribution in [0, 0.1) is 0 Å². The van der Waals surface area contributed by atoms with E-state index in [1.807, 2.05) is 0 Å². The Morgan fingerprint density at radius 2 is 1.58 bits per heavy atom. The maximum atomic E-state index is 13.1. The number of fused-ring (bicyclic) bond motifs is 2. The number of nitrogens with zero attached hydrogens (tertiary/aromatic N) is 1. The third-order valence-corrected chi connectivity index (χ3v) is 5.28. The molecule has 0 fully saturated rings. The van der Waals surface area contributed by atoms with Crippen molar-refractivity contribution in [2.75, 3.05) is 5.32 Å². The smallest absolute Gasteiger partial charge is 0.322 e. The number of alkyl halides is 6. The fourth-order valence-electron chi connectivity index (χ4n) is 3.71. The van der Waals surface area contributed by atoms with Gasteiger partial charge in [-0.25, -0.2) is 0 Å². The zero-order chi connectivity index (χ0) is 22.6. The molecule has 0 bridgehead atoms. The number of anilines is 1. The molecule has 4 rings (SSSR count). The largest absolute Gasteiger partial charge is 0.416 e. The van der Waals surface area contributed by atoms with Gasteiger partial charge in [-0.3, -0.25) is 9.78 Å². The summed E-state index contributed by atoms with van der Waals surface area (Å²) >= 11 is 6.04. The Labute approximate surface area is 177 Å². The highest BCUT2D eigenvalue weighted by atomic mass is 35.5. The number of amides is 1. The lowest BCUT2D eigenvalue weighted by Gasteiger charge is -2.16. The summed E-state index contributed by atoms with van der Waals surface area (Å²) in [6, 6.07) is 5.66. The highest BCUT2D eigenvalue weighted by Crippen LogP contribution is 2.38. The van der Waals surface area contributed by atoms with Crippen molar-refractivity contribution in [2.45, 2.75) is 31.6 Å². The summed E-state index contributed by atoms with van der Waals surface area (Å²) in [6.07, 6.45) is -8.16. The highest BCUT2D eigenvalue weighted by Gasteiger charge is 2.37. The molecule has 0 spiro atoms. The van der Waals surface area contributed by atoms with Crippen molar-refractivity contribution in [1.29, 1.82) is 0 Å². The zero-order valence-electron chi connectivity index (χ0n) is 15.6. The molecule has 0 saturated heterocycles. The Morgan fingerprint density at radius 3 is 2.19 bits per heavy atom. The first-order chi connectivity index (χ1) is 14.4. The minimum absolute atomic E-state index is 0.00889. The minimum Gasteiger partial charge on any atom is -0.322 e. The molecule has 0 aliphatic heterocycles. The average Bonchev–Trinajstić information content (AvgIpc) is 3.12. The van der Waals surface area contributed by atoms with Gasteiger partial charge in [0.25, 0.3) is 5.91 Å². The predicted molar refractivity (Wildman–Crippen MR) is 103 cm³/mol. The molecule has 0 radical (unpaired) electrons. The Bertz CT molecular complexity index is 1170. The molecule has 0 atom stereocenters. The number of nitrogens with one attached hydrogen (secondary N) is 1. The number of carbonyl (C=O) groups is 1. The van der Waals surface area contributed by atoms with Crippen LogP contribution in [0.3, 0.4) is 0 Å². The van der Waals surface area contributed by atoms with Crippen molar-refractivity contribution in [2.24, 2.45) is 0 Å². The fraction of sp³-hybridized carbons (Fsp3) is 0.238. The lowest BCUT2D eigenvalue weighted by Crippen LogP contribution is -2.18. The molecule has 3 aromatic rings. The van der Waals surface area contributed by atoms with E-state index in [9.17, 15) is 31.1 Å². The van der Waals surface area contributed by atoms with Crippen LogP contribution < -0.4 is 5.32 Å². The van der Waals surface area contributed by atoms with Crippen molar-refractivity contribution in [1.82, 2.24) is 4.98 Å². The summed E-state index contributed by atoms with van der Waals surface area (Å²) in [4.78, 5) is 17.6. The molecule has 1 aliphatic carbocycles. The summed E-state index contributed by atoms with van der Waals surface area (Å²) in [5.74, 6) is -0.819. The number of benzene rings is 2. The van der Waals surface area contributed by atoms with Crippen LogP contribution in [0.2, 0.25) is 5.02 Å². The molecule has 0 saturated carbocycles. The van der Waals surface area contributed by atoms with E-state index in [-0.39, 0.29) is 11.6 Å². The van der Waals surface area contributed by atoms with E-state index >= 15 is 0 Å². The van der Waals surface area contributed by atoms with Gasteiger partial charge >= 0.3 is 12.4 Å². The maximum Gasteiger partial charge on any atom is 0.416 e. The normalized spacial score (nSPS) is 14.0. The molecule has 2 aromatic carbocycles. The Balaban J connectivity index is 1.83. The highest BCUT2D eigenvalue weighted by molar-refractivity contribution is 6.31. The van der Waals surface area contributed by atoms with E-state index in [1.165, 1.54) is 6.07 Å². The first-order valence-electron chi connectivity index (χ1n) is 9.15. The molecule has 1 amide bonds. The van der Waals surface area contributed by atoms with Crippen molar-refractivity contribution in [3.63, 3.8) is 0 Å². The monoisotopic (exact) mass is 458 g/mol. The molecular weight excluding hydrogens is 446 g/mol. The van der Waals surface area contributed by atoms with Gasteiger partial charge in [0.2, 0.25) is 0 Å². The molecule has 1 N–H and O–H groups in total. The van der Waals surface area contributed by atoms with Crippen molar-refractivity contribution < 1.29 is 31.1 Å².